The molecule has 12 heavy (non-hydrogen) atoms. The fourth-order valence-electron chi connectivity index (χ4n) is 0.562. The van der Waals surface area contributed by atoms with Gasteiger partial charge in [0.05, 0.1) is 13.2 Å². The maximum Gasteiger partial charge on any atom is 0.341 e. The van der Waals surface area contributed by atoms with Gasteiger partial charge in [0.1, 0.15) is 5.57 Å². The summed E-state index contributed by atoms with van der Waals surface area (Å²) >= 11 is 0. The maximum atomic E-state index is 10.9. The van der Waals surface area contributed by atoms with Crippen molar-refractivity contribution in [1.29, 1.82) is 0 Å². The molecule has 0 saturated carbocycles. The Morgan fingerprint density at radius 1 is 1.17 bits per heavy atom. The van der Waals surface area contributed by atoms with Crippen molar-refractivity contribution in [3.63, 3.8) is 0 Å². The SMILES string of the molecule is CCOC(=O)C(C)=C([O])OCC. The lowest BCUT2D eigenvalue weighted by atomic mass is 10.3. The van der Waals surface area contributed by atoms with E-state index in [1.807, 2.05) is 0 Å². The van der Waals surface area contributed by atoms with E-state index >= 15 is 0 Å². The summed E-state index contributed by atoms with van der Waals surface area (Å²) in [5.74, 6) is -1.23. The Morgan fingerprint density at radius 2 is 1.67 bits per heavy atom. The lowest BCUT2D eigenvalue weighted by molar-refractivity contribution is -0.139. The molecule has 0 N–H and O–H groups in total. The molecule has 0 unspecified atom stereocenters. The molecule has 0 atom stereocenters. The Bertz CT molecular complexity index is 183. The van der Waals surface area contributed by atoms with Crippen molar-refractivity contribution in [3.8, 4) is 0 Å². The molecule has 0 aromatic rings. The summed E-state index contributed by atoms with van der Waals surface area (Å²) in [7, 11) is 0. The van der Waals surface area contributed by atoms with Gasteiger partial charge in [-0.3, -0.25) is 0 Å². The Labute approximate surface area is 71.8 Å². The molecule has 0 fully saturated rings. The van der Waals surface area contributed by atoms with Crippen LogP contribution < -0.4 is 0 Å². The van der Waals surface area contributed by atoms with Crippen LogP contribution in [0.4, 0.5) is 0 Å². The average Bonchev–Trinajstić information content (AvgIpc) is 2.04. The van der Waals surface area contributed by atoms with Crippen molar-refractivity contribution in [2.24, 2.45) is 0 Å². The molecule has 0 aromatic heterocycles. The van der Waals surface area contributed by atoms with E-state index in [1.165, 1.54) is 6.92 Å². The quantitative estimate of drug-likeness (QED) is 0.365. The summed E-state index contributed by atoms with van der Waals surface area (Å²) in [6.45, 7) is 5.26. The molecule has 0 aliphatic carbocycles. The van der Waals surface area contributed by atoms with Crippen LogP contribution >= 0.6 is 0 Å². The van der Waals surface area contributed by atoms with E-state index in [4.69, 9.17) is 0 Å². The molecule has 0 aliphatic rings. The zero-order valence-electron chi connectivity index (χ0n) is 7.55. The molecule has 0 rings (SSSR count). The first-order valence-electron chi connectivity index (χ1n) is 3.81. The van der Waals surface area contributed by atoms with E-state index in [0.717, 1.165) is 0 Å². The second-order valence-electron chi connectivity index (χ2n) is 2.07. The summed E-state index contributed by atoms with van der Waals surface area (Å²) in [5.41, 5.74) is -0.0151. The van der Waals surface area contributed by atoms with Crippen LogP contribution in [0.15, 0.2) is 11.5 Å². The largest absolute Gasteiger partial charge is 0.462 e. The third-order valence-corrected chi connectivity index (χ3v) is 1.16. The van der Waals surface area contributed by atoms with Crippen LogP contribution in [-0.4, -0.2) is 19.2 Å². The summed E-state index contributed by atoms with van der Waals surface area (Å²) in [4.78, 5) is 10.9. The fourth-order valence-corrected chi connectivity index (χ4v) is 0.562. The Kier molecular flexibility index (Phi) is 4.92. The highest BCUT2D eigenvalue weighted by molar-refractivity contribution is 5.87. The van der Waals surface area contributed by atoms with Crippen molar-refractivity contribution in [1.82, 2.24) is 0 Å². The monoisotopic (exact) mass is 173 g/mol. The molecule has 69 valence electrons. The lowest BCUT2D eigenvalue weighted by Crippen LogP contribution is -2.08. The first-order valence-corrected chi connectivity index (χ1v) is 3.81. The van der Waals surface area contributed by atoms with Crippen molar-refractivity contribution in [2.45, 2.75) is 20.8 Å². The molecular formula is C8H13O4. The third kappa shape index (κ3) is 3.27. The molecule has 4 heteroatoms. The van der Waals surface area contributed by atoms with Gasteiger partial charge in [-0.2, -0.15) is 0 Å². The van der Waals surface area contributed by atoms with Crippen molar-refractivity contribution in [3.05, 3.63) is 11.5 Å². The second-order valence-corrected chi connectivity index (χ2v) is 2.07. The lowest BCUT2D eigenvalue weighted by Gasteiger charge is -2.02. The number of hydrogen-bond donors (Lipinski definition) is 0. The fraction of sp³-hybridized carbons (Fsp3) is 0.625. The summed E-state index contributed by atoms with van der Waals surface area (Å²) in [5, 5.41) is 10.9. The molecule has 0 aromatic carbocycles. The number of carbonyl (C=O) groups is 1. The van der Waals surface area contributed by atoms with Crippen LogP contribution in [-0.2, 0) is 19.4 Å². The number of rotatable bonds is 4. The van der Waals surface area contributed by atoms with E-state index in [9.17, 15) is 9.90 Å². The van der Waals surface area contributed by atoms with Crippen molar-refractivity contribution < 1.29 is 19.4 Å². The van der Waals surface area contributed by atoms with Gasteiger partial charge < -0.3 is 9.47 Å². The van der Waals surface area contributed by atoms with E-state index in [2.05, 4.69) is 9.47 Å². The molecule has 1 radical (unpaired) electrons. The van der Waals surface area contributed by atoms with Crippen molar-refractivity contribution in [2.75, 3.05) is 13.2 Å². The number of carbonyl (C=O) groups excluding carboxylic acids is 1. The van der Waals surface area contributed by atoms with Crippen molar-refractivity contribution >= 4 is 5.97 Å². The van der Waals surface area contributed by atoms with E-state index in [1.54, 1.807) is 13.8 Å². The predicted molar refractivity (Wildman–Crippen MR) is 41.6 cm³/mol. The van der Waals surface area contributed by atoms with Crippen LogP contribution in [0.3, 0.4) is 0 Å². The topological polar surface area (TPSA) is 55.4 Å². The van der Waals surface area contributed by atoms with Crippen LogP contribution in [0.25, 0.3) is 0 Å². The molecule has 0 bridgehead atoms. The maximum absolute atomic E-state index is 10.9. The molecule has 0 saturated heterocycles. The van der Waals surface area contributed by atoms with Gasteiger partial charge >= 0.3 is 11.9 Å². The molecule has 0 spiro atoms. The third-order valence-electron chi connectivity index (χ3n) is 1.16. The van der Waals surface area contributed by atoms with Gasteiger partial charge in [0.2, 0.25) is 0 Å². The first kappa shape index (κ1) is 10.8. The van der Waals surface area contributed by atoms with Crippen LogP contribution in [0, 0.1) is 0 Å². The van der Waals surface area contributed by atoms with Crippen LogP contribution in [0.1, 0.15) is 20.8 Å². The van der Waals surface area contributed by atoms with Gasteiger partial charge in [-0.25, -0.2) is 9.90 Å². The van der Waals surface area contributed by atoms with Gasteiger partial charge in [0.15, 0.2) is 0 Å². The van der Waals surface area contributed by atoms with E-state index < -0.39 is 11.9 Å². The Hall–Kier alpha value is -1.19. The second kappa shape index (κ2) is 5.46. The molecule has 4 nitrogen and oxygen atoms in total. The standard InChI is InChI=1S/C8H13O4/c1-4-11-7(9)6(3)8(10)12-5-2/h4-5H2,1-3H3. The summed E-state index contributed by atoms with van der Waals surface area (Å²) in [6, 6.07) is 0. The van der Waals surface area contributed by atoms with Crippen LogP contribution in [0.5, 0.6) is 0 Å². The first-order chi connectivity index (χ1) is 5.63. The average molecular weight is 173 g/mol. The number of hydrogen-bond acceptors (Lipinski definition) is 3. The minimum absolute atomic E-state index is 0.0151. The minimum atomic E-state index is -0.615. The van der Waals surface area contributed by atoms with Gasteiger partial charge in [-0.1, -0.05) is 0 Å². The Morgan fingerprint density at radius 3 is 2.08 bits per heavy atom. The zero-order valence-corrected chi connectivity index (χ0v) is 7.55. The molecule has 0 aliphatic heterocycles. The summed E-state index contributed by atoms with van der Waals surface area (Å²) < 4.78 is 9.19. The molecular weight excluding hydrogens is 160 g/mol. The van der Waals surface area contributed by atoms with E-state index in [-0.39, 0.29) is 18.8 Å². The predicted octanol–water partition coefficient (Wildman–Crippen LogP) is 1.25. The van der Waals surface area contributed by atoms with Crippen LogP contribution in [0.2, 0.25) is 0 Å². The van der Waals surface area contributed by atoms with Gasteiger partial charge in [0.25, 0.3) is 0 Å². The highest BCUT2D eigenvalue weighted by Gasteiger charge is 2.13. The normalized spacial score (nSPS) is 11.9. The van der Waals surface area contributed by atoms with E-state index in [0.29, 0.717) is 0 Å². The minimum Gasteiger partial charge on any atom is -0.462 e. The highest BCUT2D eigenvalue weighted by atomic mass is 16.6. The number of ether oxygens (including phenoxy) is 2. The smallest absolute Gasteiger partial charge is 0.341 e. The highest BCUT2D eigenvalue weighted by Crippen LogP contribution is 2.04. The number of esters is 1. The van der Waals surface area contributed by atoms with Gasteiger partial charge in [-0.15, -0.1) is 0 Å². The molecule has 0 heterocycles. The zero-order chi connectivity index (χ0) is 9.56. The van der Waals surface area contributed by atoms with Gasteiger partial charge in [-0.05, 0) is 20.8 Å². The molecule has 0 amide bonds. The Balaban J connectivity index is 4.22. The van der Waals surface area contributed by atoms with Gasteiger partial charge in [0, 0.05) is 0 Å². The summed E-state index contributed by atoms with van der Waals surface area (Å²) in [6.07, 6.45) is 0.